The second-order valence-electron chi connectivity index (χ2n) is 6.09. The second-order valence-corrected chi connectivity index (χ2v) is 7.13. The topological polar surface area (TPSA) is 93.8 Å². The van der Waals surface area contributed by atoms with Crippen molar-refractivity contribution in [1.82, 2.24) is 19.7 Å². The van der Waals surface area contributed by atoms with Crippen molar-refractivity contribution in [2.75, 3.05) is 6.26 Å². The highest BCUT2D eigenvalue weighted by Gasteiger charge is 2.15. The number of nitrogens with zero attached hydrogens (tertiary/aromatic N) is 3. The normalized spacial score (nSPS) is 12.3. The highest BCUT2D eigenvalue weighted by Crippen LogP contribution is 2.31. The van der Waals surface area contributed by atoms with Crippen LogP contribution in [0.25, 0.3) is 0 Å². The number of aromatic nitrogens is 4. The van der Waals surface area contributed by atoms with E-state index in [9.17, 15) is 14.0 Å². The molecular formula is C18H19FN4O3S. The number of benzene rings is 1. The highest BCUT2D eigenvalue weighted by atomic mass is 32.2. The zero-order valence-corrected chi connectivity index (χ0v) is 15.8. The quantitative estimate of drug-likeness (QED) is 0.666. The smallest absolute Gasteiger partial charge is 0.328 e. The van der Waals surface area contributed by atoms with Crippen molar-refractivity contribution in [3.05, 3.63) is 80.0 Å². The lowest BCUT2D eigenvalue weighted by Crippen LogP contribution is -2.36. The van der Waals surface area contributed by atoms with Crippen molar-refractivity contribution >= 4 is 11.8 Å². The fourth-order valence-electron chi connectivity index (χ4n) is 2.71. The van der Waals surface area contributed by atoms with Crippen LogP contribution in [0.1, 0.15) is 34.5 Å². The molecule has 0 amide bonds. The van der Waals surface area contributed by atoms with Crippen molar-refractivity contribution in [2.45, 2.75) is 31.6 Å². The van der Waals surface area contributed by atoms with Crippen LogP contribution >= 0.6 is 11.8 Å². The lowest BCUT2D eigenvalue weighted by Gasteiger charge is -2.13. The molecule has 7 nitrogen and oxygen atoms in total. The maximum absolute atomic E-state index is 13.1. The van der Waals surface area contributed by atoms with Crippen LogP contribution in [0, 0.1) is 12.7 Å². The monoisotopic (exact) mass is 390 g/mol. The number of aromatic amines is 1. The third-order valence-electron chi connectivity index (χ3n) is 4.20. The molecule has 1 unspecified atom stereocenters. The van der Waals surface area contributed by atoms with Crippen LogP contribution in [0.4, 0.5) is 4.39 Å². The summed E-state index contributed by atoms with van der Waals surface area (Å²) in [5, 5.41) is 4.10. The maximum atomic E-state index is 13.1. The van der Waals surface area contributed by atoms with Crippen LogP contribution < -0.4 is 11.2 Å². The van der Waals surface area contributed by atoms with E-state index in [2.05, 4.69) is 15.1 Å². The number of aryl methyl sites for hydroxylation is 2. The Kier molecular flexibility index (Phi) is 5.90. The molecule has 1 aromatic carbocycles. The van der Waals surface area contributed by atoms with Gasteiger partial charge in [-0.05, 0) is 37.3 Å². The van der Waals surface area contributed by atoms with E-state index in [1.54, 1.807) is 30.8 Å². The van der Waals surface area contributed by atoms with E-state index < -0.39 is 11.2 Å². The predicted molar refractivity (Wildman–Crippen MR) is 100 cm³/mol. The molecule has 0 aliphatic heterocycles. The average molecular weight is 390 g/mol. The van der Waals surface area contributed by atoms with Crippen LogP contribution in [0.2, 0.25) is 0 Å². The summed E-state index contributed by atoms with van der Waals surface area (Å²) in [6.45, 7) is 1.54. The zero-order valence-electron chi connectivity index (χ0n) is 14.9. The SMILES string of the molecule is CSC(CCc1noc(Cn2c(=O)[nH]cc(C)c2=O)n1)c1ccc(F)cc1. The van der Waals surface area contributed by atoms with Crippen LogP contribution in [0.5, 0.6) is 0 Å². The molecule has 0 saturated heterocycles. The number of rotatable bonds is 7. The zero-order chi connectivity index (χ0) is 19.4. The molecule has 0 radical (unpaired) electrons. The first-order valence-electron chi connectivity index (χ1n) is 8.36. The molecule has 0 spiro atoms. The molecule has 9 heteroatoms. The fraction of sp³-hybridized carbons (Fsp3) is 0.333. The minimum atomic E-state index is -0.524. The molecule has 3 rings (SSSR count). The first-order valence-corrected chi connectivity index (χ1v) is 9.65. The van der Waals surface area contributed by atoms with Gasteiger partial charge < -0.3 is 9.51 Å². The van der Waals surface area contributed by atoms with Gasteiger partial charge >= 0.3 is 5.69 Å². The summed E-state index contributed by atoms with van der Waals surface area (Å²) in [7, 11) is 0. The van der Waals surface area contributed by atoms with Gasteiger partial charge in [0.2, 0.25) is 5.89 Å². The van der Waals surface area contributed by atoms with E-state index in [4.69, 9.17) is 4.52 Å². The van der Waals surface area contributed by atoms with Gasteiger partial charge in [0.05, 0.1) is 0 Å². The summed E-state index contributed by atoms with van der Waals surface area (Å²) in [5.41, 5.74) is 0.545. The fourth-order valence-corrected chi connectivity index (χ4v) is 3.49. The molecule has 0 saturated carbocycles. The van der Waals surface area contributed by atoms with Gasteiger partial charge in [0.1, 0.15) is 12.4 Å². The molecule has 142 valence electrons. The third kappa shape index (κ3) is 4.54. The van der Waals surface area contributed by atoms with Gasteiger partial charge in [0.15, 0.2) is 5.82 Å². The van der Waals surface area contributed by atoms with Gasteiger partial charge in [-0.25, -0.2) is 9.18 Å². The summed E-state index contributed by atoms with van der Waals surface area (Å²) in [6.07, 6.45) is 4.67. The van der Waals surface area contributed by atoms with Crippen molar-refractivity contribution < 1.29 is 8.91 Å². The van der Waals surface area contributed by atoms with Crippen LogP contribution in [0.3, 0.4) is 0 Å². The number of hydrogen-bond donors (Lipinski definition) is 1. The predicted octanol–water partition coefficient (Wildman–Crippen LogP) is 2.45. The Morgan fingerprint density at radius 1 is 1.30 bits per heavy atom. The molecule has 3 aromatic rings. The van der Waals surface area contributed by atoms with Gasteiger partial charge in [-0.1, -0.05) is 17.3 Å². The Morgan fingerprint density at radius 2 is 2.04 bits per heavy atom. The standard InChI is InChI=1S/C18H19FN4O3S/c1-11-9-20-18(25)23(17(11)24)10-16-21-15(22-26-16)8-7-14(27-2)12-3-5-13(19)6-4-12/h3-6,9,14H,7-8,10H2,1-2H3,(H,20,25). The first kappa shape index (κ1) is 19.1. The van der Waals surface area contributed by atoms with Gasteiger partial charge in [-0.2, -0.15) is 16.7 Å². The Balaban J connectivity index is 1.68. The molecule has 2 heterocycles. The Bertz CT molecular complexity index is 1030. The third-order valence-corrected chi connectivity index (χ3v) is 5.28. The minimum absolute atomic E-state index is 0.0766. The van der Waals surface area contributed by atoms with Gasteiger partial charge in [-0.15, -0.1) is 0 Å². The summed E-state index contributed by atoms with van der Waals surface area (Å²) < 4.78 is 19.3. The van der Waals surface area contributed by atoms with Gasteiger partial charge in [-0.3, -0.25) is 9.36 Å². The molecule has 2 aromatic heterocycles. The van der Waals surface area contributed by atoms with Crippen molar-refractivity contribution in [1.29, 1.82) is 0 Å². The van der Waals surface area contributed by atoms with Crippen LogP contribution in [0.15, 0.2) is 44.6 Å². The lowest BCUT2D eigenvalue weighted by molar-refractivity contribution is 0.362. The summed E-state index contributed by atoms with van der Waals surface area (Å²) >= 11 is 1.66. The maximum Gasteiger partial charge on any atom is 0.328 e. The van der Waals surface area contributed by atoms with Crippen molar-refractivity contribution in [3.63, 3.8) is 0 Å². The number of hydrogen-bond acceptors (Lipinski definition) is 6. The van der Waals surface area contributed by atoms with Crippen molar-refractivity contribution in [3.8, 4) is 0 Å². The van der Waals surface area contributed by atoms with E-state index in [-0.39, 0.29) is 23.5 Å². The number of thioether (sulfide) groups is 1. The number of H-pyrrole nitrogens is 1. The molecule has 0 fully saturated rings. The molecular weight excluding hydrogens is 371 g/mol. The Morgan fingerprint density at radius 3 is 2.74 bits per heavy atom. The van der Waals surface area contributed by atoms with E-state index >= 15 is 0 Å². The molecule has 0 aliphatic rings. The largest absolute Gasteiger partial charge is 0.337 e. The number of halogens is 1. The molecule has 0 aliphatic carbocycles. The first-order chi connectivity index (χ1) is 13.0. The molecule has 27 heavy (non-hydrogen) atoms. The van der Waals surface area contributed by atoms with Crippen molar-refractivity contribution in [2.24, 2.45) is 0 Å². The average Bonchev–Trinajstić information content (AvgIpc) is 3.11. The lowest BCUT2D eigenvalue weighted by atomic mass is 10.1. The second kappa shape index (κ2) is 8.34. The Labute approximate surface area is 158 Å². The van der Waals surface area contributed by atoms with E-state index in [0.29, 0.717) is 17.8 Å². The van der Waals surface area contributed by atoms with Crippen LogP contribution in [-0.4, -0.2) is 25.9 Å². The van der Waals surface area contributed by atoms with E-state index in [1.165, 1.54) is 18.3 Å². The van der Waals surface area contributed by atoms with Crippen LogP contribution in [-0.2, 0) is 13.0 Å². The van der Waals surface area contributed by atoms with Gasteiger partial charge in [0.25, 0.3) is 5.56 Å². The van der Waals surface area contributed by atoms with Gasteiger partial charge in [0, 0.05) is 23.4 Å². The van der Waals surface area contributed by atoms with E-state index in [0.717, 1.165) is 16.6 Å². The molecule has 1 N–H and O–H groups in total. The van der Waals surface area contributed by atoms with E-state index in [1.807, 2.05) is 6.26 Å². The highest BCUT2D eigenvalue weighted by molar-refractivity contribution is 7.98. The minimum Gasteiger partial charge on any atom is -0.337 e. The summed E-state index contributed by atoms with van der Waals surface area (Å²) in [6, 6.07) is 6.44. The summed E-state index contributed by atoms with van der Waals surface area (Å²) in [5.74, 6) is 0.441. The molecule has 1 atom stereocenters. The molecule has 0 bridgehead atoms. The summed E-state index contributed by atoms with van der Waals surface area (Å²) in [4.78, 5) is 30.7. The Hall–Kier alpha value is -2.68. The number of nitrogens with one attached hydrogen (secondary N) is 1.